The van der Waals surface area contributed by atoms with Crippen molar-refractivity contribution >= 4 is 23.7 Å². The van der Waals surface area contributed by atoms with E-state index in [0.717, 1.165) is 18.7 Å². The minimum absolute atomic E-state index is 0.155. The van der Waals surface area contributed by atoms with Gasteiger partial charge in [-0.05, 0) is 36.4 Å². The molecule has 0 bridgehead atoms. The van der Waals surface area contributed by atoms with Crippen LogP contribution >= 0.6 is 11.6 Å². The molecule has 0 unspecified atom stereocenters. The van der Waals surface area contributed by atoms with Gasteiger partial charge in [0.2, 0.25) is 0 Å². The highest BCUT2D eigenvalue weighted by molar-refractivity contribution is 6.30. The number of morpholine rings is 1. The normalized spacial score (nSPS) is 15.7. The van der Waals surface area contributed by atoms with Crippen LogP contribution in [0.25, 0.3) is 11.3 Å². The summed E-state index contributed by atoms with van der Waals surface area (Å²) >= 11 is 5.87. The van der Waals surface area contributed by atoms with E-state index in [1.807, 2.05) is 23.1 Å². The van der Waals surface area contributed by atoms with Crippen LogP contribution in [0.3, 0.4) is 0 Å². The van der Waals surface area contributed by atoms with Crippen LogP contribution in [0, 0.1) is 0 Å². The number of amides is 1. The molecule has 2 heterocycles. The lowest BCUT2D eigenvalue weighted by Crippen LogP contribution is -2.42. The Morgan fingerprint density at radius 2 is 1.96 bits per heavy atom. The molecule has 24 heavy (non-hydrogen) atoms. The van der Waals surface area contributed by atoms with Crippen LogP contribution in [-0.2, 0) is 9.53 Å². The van der Waals surface area contributed by atoms with Gasteiger partial charge in [0.1, 0.15) is 11.5 Å². The summed E-state index contributed by atoms with van der Waals surface area (Å²) in [6, 6.07) is 11.0. The predicted molar refractivity (Wildman–Crippen MR) is 92.1 cm³/mol. The number of furan rings is 1. The quantitative estimate of drug-likeness (QED) is 0.666. The number of rotatable bonds is 5. The van der Waals surface area contributed by atoms with Crippen LogP contribution in [0.2, 0.25) is 5.02 Å². The van der Waals surface area contributed by atoms with Crippen molar-refractivity contribution in [2.45, 2.75) is 0 Å². The third kappa shape index (κ3) is 4.67. The van der Waals surface area contributed by atoms with Gasteiger partial charge in [-0.2, -0.15) is 5.10 Å². The maximum Gasteiger partial charge on any atom is 0.254 e. The smallest absolute Gasteiger partial charge is 0.254 e. The second kappa shape index (κ2) is 8.10. The molecule has 1 aromatic heterocycles. The summed E-state index contributed by atoms with van der Waals surface area (Å²) in [6.45, 7) is 3.17. The zero-order valence-corrected chi connectivity index (χ0v) is 13.8. The van der Waals surface area contributed by atoms with Gasteiger partial charge in [0.15, 0.2) is 0 Å². The van der Waals surface area contributed by atoms with Crippen LogP contribution in [-0.4, -0.2) is 49.9 Å². The molecular formula is C17H18ClN3O3. The number of hydrogen-bond donors (Lipinski definition) is 1. The van der Waals surface area contributed by atoms with Crippen LogP contribution in [0.15, 0.2) is 45.9 Å². The molecule has 126 valence electrons. The zero-order chi connectivity index (χ0) is 16.8. The first-order valence-electron chi connectivity index (χ1n) is 7.68. The molecule has 6 nitrogen and oxygen atoms in total. The first-order chi connectivity index (χ1) is 11.7. The van der Waals surface area contributed by atoms with E-state index in [9.17, 15) is 4.79 Å². The van der Waals surface area contributed by atoms with Crippen LogP contribution < -0.4 is 5.43 Å². The minimum Gasteiger partial charge on any atom is -0.455 e. The second-order valence-electron chi connectivity index (χ2n) is 5.39. The average molecular weight is 348 g/mol. The Hall–Kier alpha value is -2.15. The van der Waals surface area contributed by atoms with E-state index in [4.69, 9.17) is 20.8 Å². The fraction of sp³-hybridized carbons (Fsp3) is 0.294. The Morgan fingerprint density at radius 1 is 1.21 bits per heavy atom. The largest absolute Gasteiger partial charge is 0.455 e. The van der Waals surface area contributed by atoms with E-state index in [1.165, 1.54) is 6.21 Å². The van der Waals surface area contributed by atoms with Gasteiger partial charge in [-0.1, -0.05) is 11.6 Å². The fourth-order valence-corrected chi connectivity index (χ4v) is 2.48. The van der Waals surface area contributed by atoms with Gasteiger partial charge >= 0.3 is 0 Å². The number of hydrazone groups is 1. The number of nitrogens with zero attached hydrogens (tertiary/aromatic N) is 2. The molecular weight excluding hydrogens is 330 g/mol. The molecule has 3 rings (SSSR count). The zero-order valence-electron chi connectivity index (χ0n) is 13.1. The van der Waals surface area contributed by atoms with Crippen molar-refractivity contribution in [3.8, 4) is 11.3 Å². The Bertz CT molecular complexity index is 706. The lowest BCUT2D eigenvalue weighted by atomic mass is 10.2. The summed E-state index contributed by atoms with van der Waals surface area (Å²) < 4.78 is 10.9. The van der Waals surface area contributed by atoms with Crippen molar-refractivity contribution in [1.29, 1.82) is 0 Å². The Balaban J connectivity index is 1.51. The highest BCUT2D eigenvalue weighted by Crippen LogP contribution is 2.23. The van der Waals surface area contributed by atoms with Crippen molar-refractivity contribution in [2.24, 2.45) is 5.10 Å². The monoisotopic (exact) mass is 347 g/mol. The van der Waals surface area contributed by atoms with E-state index in [1.54, 1.807) is 18.2 Å². The maximum atomic E-state index is 11.8. The van der Waals surface area contributed by atoms with Gasteiger partial charge in [0, 0.05) is 23.7 Å². The van der Waals surface area contributed by atoms with E-state index in [2.05, 4.69) is 10.5 Å². The van der Waals surface area contributed by atoms with Gasteiger partial charge < -0.3 is 9.15 Å². The predicted octanol–water partition coefficient (Wildman–Crippen LogP) is 2.38. The third-order valence-corrected chi connectivity index (χ3v) is 3.86. The topological polar surface area (TPSA) is 67.1 Å². The lowest BCUT2D eigenvalue weighted by Gasteiger charge is -2.25. The molecule has 1 fully saturated rings. The molecule has 1 aliphatic heterocycles. The first-order valence-corrected chi connectivity index (χ1v) is 8.06. The molecule has 2 aromatic rings. The Kier molecular flexibility index (Phi) is 5.63. The fourth-order valence-electron chi connectivity index (χ4n) is 2.36. The molecule has 1 aromatic carbocycles. The molecule has 1 aliphatic rings. The first kappa shape index (κ1) is 16.7. The Morgan fingerprint density at radius 3 is 2.71 bits per heavy atom. The number of carbonyl (C=O) groups excluding carboxylic acids is 1. The van der Waals surface area contributed by atoms with E-state index in [-0.39, 0.29) is 5.91 Å². The molecule has 0 saturated carbocycles. The molecule has 1 N–H and O–H groups in total. The van der Waals surface area contributed by atoms with Crippen LogP contribution in [0.5, 0.6) is 0 Å². The summed E-state index contributed by atoms with van der Waals surface area (Å²) in [7, 11) is 0. The van der Waals surface area contributed by atoms with Gasteiger partial charge in [0.05, 0.1) is 26.0 Å². The molecule has 0 aliphatic carbocycles. The molecule has 0 atom stereocenters. The van der Waals surface area contributed by atoms with Crippen molar-refractivity contribution in [2.75, 3.05) is 32.8 Å². The van der Waals surface area contributed by atoms with Gasteiger partial charge in [-0.15, -0.1) is 0 Å². The number of ether oxygens (including phenoxy) is 1. The number of halogens is 1. The van der Waals surface area contributed by atoms with Gasteiger partial charge in [-0.3, -0.25) is 9.69 Å². The third-order valence-electron chi connectivity index (χ3n) is 3.61. The molecule has 1 amide bonds. The molecule has 1 saturated heterocycles. The standard InChI is InChI=1S/C17H18ClN3O3/c18-14-3-1-13(2-4-14)16-6-5-15(24-16)11-19-20-17(22)12-21-7-9-23-10-8-21/h1-6,11H,7-10,12H2,(H,20,22)/b19-11-. The van der Waals surface area contributed by atoms with Crippen molar-refractivity contribution in [1.82, 2.24) is 10.3 Å². The number of nitrogens with one attached hydrogen (secondary N) is 1. The van der Waals surface area contributed by atoms with Gasteiger partial charge in [-0.25, -0.2) is 5.43 Å². The summed E-state index contributed by atoms with van der Waals surface area (Å²) in [6.07, 6.45) is 1.48. The van der Waals surface area contributed by atoms with Crippen molar-refractivity contribution in [3.05, 3.63) is 47.2 Å². The SMILES string of the molecule is O=C(CN1CCOCC1)N/N=C\c1ccc(-c2ccc(Cl)cc2)o1. The molecule has 0 spiro atoms. The summed E-state index contributed by atoms with van der Waals surface area (Å²) in [4.78, 5) is 13.8. The van der Waals surface area contributed by atoms with Crippen molar-refractivity contribution < 1.29 is 13.9 Å². The number of hydrogen-bond acceptors (Lipinski definition) is 5. The van der Waals surface area contributed by atoms with Crippen molar-refractivity contribution in [3.63, 3.8) is 0 Å². The van der Waals surface area contributed by atoms with E-state index < -0.39 is 0 Å². The molecule has 0 radical (unpaired) electrons. The van der Waals surface area contributed by atoms with Crippen LogP contribution in [0.1, 0.15) is 5.76 Å². The Labute approximate surface area is 145 Å². The maximum absolute atomic E-state index is 11.8. The summed E-state index contributed by atoms with van der Waals surface area (Å²) in [5.41, 5.74) is 3.43. The number of carbonyl (C=O) groups is 1. The van der Waals surface area contributed by atoms with E-state index in [0.29, 0.717) is 36.3 Å². The highest BCUT2D eigenvalue weighted by Gasteiger charge is 2.13. The number of benzene rings is 1. The average Bonchev–Trinajstić information content (AvgIpc) is 3.05. The van der Waals surface area contributed by atoms with Crippen LogP contribution in [0.4, 0.5) is 0 Å². The van der Waals surface area contributed by atoms with Gasteiger partial charge in [0.25, 0.3) is 5.91 Å². The second-order valence-corrected chi connectivity index (χ2v) is 5.83. The molecule has 7 heteroatoms. The minimum atomic E-state index is -0.155. The highest BCUT2D eigenvalue weighted by atomic mass is 35.5. The summed E-state index contributed by atoms with van der Waals surface area (Å²) in [5.74, 6) is 1.12. The lowest BCUT2D eigenvalue weighted by molar-refractivity contribution is -0.123. The summed E-state index contributed by atoms with van der Waals surface area (Å²) in [5, 5.41) is 4.61. The van der Waals surface area contributed by atoms with E-state index >= 15 is 0 Å².